The van der Waals surface area contributed by atoms with Crippen LogP contribution in [0.5, 0.6) is 0 Å². The molecular formula is C12H19F3N2O. The summed E-state index contributed by atoms with van der Waals surface area (Å²) in [5.74, 6) is 0.0358. The SMILES string of the molecule is CN(CC(F)(F)F)C(=O)C1CC2CCCCC2N1. The molecule has 3 unspecified atom stereocenters. The number of fused-ring (bicyclic) bond motifs is 1. The van der Waals surface area contributed by atoms with Crippen LogP contribution in [0.15, 0.2) is 0 Å². The van der Waals surface area contributed by atoms with Gasteiger partial charge in [0.25, 0.3) is 0 Å². The summed E-state index contributed by atoms with van der Waals surface area (Å²) >= 11 is 0. The molecule has 2 fully saturated rings. The number of carbonyl (C=O) groups is 1. The highest BCUT2D eigenvalue weighted by Crippen LogP contribution is 2.33. The van der Waals surface area contributed by atoms with E-state index in [4.69, 9.17) is 0 Å². The third-order valence-corrected chi connectivity index (χ3v) is 3.95. The van der Waals surface area contributed by atoms with Gasteiger partial charge in [-0.05, 0) is 25.2 Å². The summed E-state index contributed by atoms with van der Waals surface area (Å²) in [5, 5.41) is 3.20. The van der Waals surface area contributed by atoms with E-state index in [2.05, 4.69) is 5.32 Å². The minimum Gasteiger partial charge on any atom is -0.335 e. The average molecular weight is 264 g/mol. The topological polar surface area (TPSA) is 32.3 Å². The lowest BCUT2D eigenvalue weighted by atomic mass is 9.85. The zero-order valence-electron chi connectivity index (χ0n) is 10.5. The smallest absolute Gasteiger partial charge is 0.335 e. The van der Waals surface area contributed by atoms with Crippen LogP contribution in [0.25, 0.3) is 0 Å². The number of likely N-dealkylation sites (N-methyl/N-ethyl adjacent to an activating group) is 1. The number of hydrogen-bond donors (Lipinski definition) is 1. The molecule has 2 rings (SSSR count). The average Bonchev–Trinajstić information content (AvgIpc) is 2.68. The van der Waals surface area contributed by atoms with Gasteiger partial charge in [-0.15, -0.1) is 0 Å². The van der Waals surface area contributed by atoms with Gasteiger partial charge in [0.05, 0.1) is 6.04 Å². The maximum Gasteiger partial charge on any atom is 0.406 e. The van der Waals surface area contributed by atoms with Crippen LogP contribution in [0, 0.1) is 5.92 Å². The third kappa shape index (κ3) is 3.16. The van der Waals surface area contributed by atoms with Crippen molar-refractivity contribution in [2.24, 2.45) is 5.92 Å². The van der Waals surface area contributed by atoms with E-state index in [0.717, 1.165) is 24.2 Å². The van der Waals surface area contributed by atoms with Crippen LogP contribution in [0.2, 0.25) is 0 Å². The molecule has 1 saturated heterocycles. The number of rotatable bonds is 2. The summed E-state index contributed by atoms with van der Waals surface area (Å²) in [6.07, 6.45) is 0.805. The molecule has 0 bridgehead atoms. The van der Waals surface area contributed by atoms with Gasteiger partial charge in [0.1, 0.15) is 6.54 Å². The highest BCUT2D eigenvalue weighted by Gasteiger charge is 2.40. The molecule has 1 saturated carbocycles. The van der Waals surface area contributed by atoms with Crippen molar-refractivity contribution in [1.29, 1.82) is 0 Å². The molecule has 104 valence electrons. The number of nitrogens with zero attached hydrogens (tertiary/aromatic N) is 1. The standard InChI is InChI=1S/C12H19F3N2O/c1-17(7-12(13,14)15)11(18)10-6-8-4-2-3-5-9(8)16-10/h8-10,16H,2-7H2,1H3. The normalized spacial score (nSPS) is 32.1. The predicted molar refractivity (Wildman–Crippen MR) is 61.0 cm³/mol. The summed E-state index contributed by atoms with van der Waals surface area (Å²) in [6, 6.07) is -0.0996. The molecule has 0 aromatic carbocycles. The first kappa shape index (κ1) is 13.6. The Kier molecular flexibility index (Phi) is 3.84. The molecule has 1 N–H and O–H groups in total. The van der Waals surface area contributed by atoms with Crippen molar-refractivity contribution in [3.63, 3.8) is 0 Å². The summed E-state index contributed by atoms with van der Waals surface area (Å²) in [5.41, 5.74) is 0. The van der Waals surface area contributed by atoms with Crippen molar-refractivity contribution < 1.29 is 18.0 Å². The predicted octanol–water partition coefficient (Wildman–Crippen LogP) is 1.93. The Morgan fingerprint density at radius 3 is 2.61 bits per heavy atom. The minimum atomic E-state index is -4.32. The van der Waals surface area contributed by atoms with E-state index in [9.17, 15) is 18.0 Å². The summed E-state index contributed by atoms with van der Waals surface area (Å²) in [7, 11) is 1.22. The maximum atomic E-state index is 12.2. The Bertz CT molecular complexity index is 305. The lowest BCUT2D eigenvalue weighted by Crippen LogP contribution is -2.46. The van der Waals surface area contributed by atoms with E-state index >= 15 is 0 Å². The second-order valence-corrected chi connectivity index (χ2v) is 5.42. The van der Waals surface area contributed by atoms with Gasteiger partial charge < -0.3 is 10.2 Å². The number of amides is 1. The molecule has 1 aliphatic heterocycles. The lowest BCUT2D eigenvalue weighted by molar-refractivity contribution is -0.159. The van der Waals surface area contributed by atoms with Crippen LogP contribution in [-0.4, -0.2) is 42.7 Å². The van der Waals surface area contributed by atoms with Crippen LogP contribution >= 0.6 is 0 Å². The number of carbonyl (C=O) groups excluding carboxylic acids is 1. The van der Waals surface area contributed by atoms with Crippen molar-refractivity contribution >= 4 is 5.91 Å². The molecule has 18 heavy (non-hydrogen) atoms. The van der Waals surface area contributed by atoms with Gasteiger partial charge in [0.2, 0.25) is 5.91 Å². The quantitative estimate of drug-likeness (QED) is 0.826. The Morgan fingerprint density at radius 2 is 2.00 bits per heavy atom. The largest absolute Gasteiger partial charge is 0.406 e. The second kappa shape index (κ2) is 5.07. The van der Waals surface area contributed by atoms with Gasteiger partial charge in [-0.2, -0.15) is 13.2 Å². The molecule has 2 aliphatic rings. The monoisotopic (exact) mass is 264 g/mol. The summed E-state index contributed by atoms with van der Waals surface area (Å²) < 4.78 is 36.7. The Labute approximate surface area is 105 Å². The minimum absolute atomic E-state index is 0.326. The van der Waals surface area contributed by atoms with E-state index in [1.807, 2.05) is 0 Å². The molecule has 1 amide bonds. The van der Waals surface area contributed by atoms with Gasteiger partial charge in [-0.25, -0.2) is 0 Å². The van der Waals surface area contributed by atoms with Crippen molar-refractivity contribution in [2.45, 2.75) is 50.4 Å². The molecule has 3 nitrogen and oxygen atoms in total. The molecular weight excluding hydrogens is 245 g/mol. The van der Waals surface area contributed by atoms with E-state index in [-0.39, 0.29) is 0 Å². The van der Waals surface area contributed by atoms with E-state index in [1.165, 1.54) is 13.5 Å². The number of alkyl halides is 3. The molecule has 6 heteroatoms. The Morgan fingerprint density at radius 1 is 1.33 bits per heavy atom. The fraction of sp³-hybridized carbons (Fsp3) is 0.917. The van der Waals surface area contributed by atoms with Crippen LogP contribution in [0.4, 0.5) is 13.2 Å². The Hall–Kier alpha value is -0.780. The van der Waals surface area contributed by atoms with Gasteiger partial charge in [0.15, 0.2) is 0 Å². The van der Waals surface area contributed by atoms with Gasteiger partial charge in [-0.1, -0.05) is 12.8 Å². The van der Waals surface area contributed by atoms with Crippen LogP contribution in [0.1, 0.15) is 32.1 Å². The molecule has 0 aromatic rings. The molecule has 1 aliphatic carbocycles. The van der Waals surface area contributed by atoms with E-state index in [1.54, 1.807) is 0 Å². The molecule has 0 radical (unpaired) electrons. The van der Waals surface area contributed by atoms with Crippen LogP contribution in [0.3, 0.4) is 0 Å². The van der Waals surface area contributed by atoms with Crippen molar-refractivity contribution in [2.75, 3.05) is 13.6 Å². The molecule has 3 atom stereocenters. The fourth-order valence-electron chi connectivity index (χ4n) is 3.12. The number of hydrogen-bond acceptors (Lipinski definition) is 2. The summed E-state index contributed by atoms with van der Waals surface area (Å²) in [4.78, 5) is 12.7. The fourth-order valence-corrected chi connectivity index (χ4v) is 3.12. The summed E-state index contributed by atoms with van der Waals surface area (Å²) in [6.45, 7) is -1.17. The van der Waals surface area contributed by atoms with Crippen molar-refractivity contribution in [1.82, 2.24) is 10.2 Å². The third-order valence-electron chi connectivity index (χ3n) is 3.95. The zero-order valence-corrected chi connectivity index (χ0v) is 10.5. The lowest BCUT2D eigenvalue weighted by Gasteiger charge is -2.24. The van der Waals surface area contributed by atoms with Gasteiger partial charge in [-0.3, -0.25) is 4.79 Å². The zero-order chi connectivity index (χ0) is 13.3. The maximum absolute atomic E-state index is 12.2. The van der Waals surface area contributed by atoms with Crippen molar-refractivity contribution in [3.8, 4) is 0 Å². The van der Waals surface area contributed by atoms with Gasteiger partial charge in [0, 0.05) is 13.1 Å². The van der Waals surface area contributed by atoms with E-state index < -0.39 is 24.7 Å². The molecule has 0 spiro atoms. The van der Waals surface area contributed by atoms with Gasteiger partial charge >= 0.3 is 6.18 Å². The molecule has 1 heterocycles. The first-order valence-electron chi connectivity index (χ1n) is 6.44. The highest BCUT2D eigenvalue weighted by atomic mass is 19.4. The number of halogens is 3. The Balaban J connectivity index is 1.90. The van der Waals surface area contributed by atoms with Crippen LogP contribution < -0.4 is 5.32 Å². The number of nitrogens with one attached hydrogen (secondary N) is 1. The van der Waals surface area contributed by atoms with Crippen LogP contribution in [-0.2, 0) is 4.79 Å². The van der Waals surface area contributed by atoms with Crippen molar-refractivity contribution in [3.05, 3.63) is 0 Å². The second-order valence-electron chi connectivity index (χ2n) is 5.42. The van der Waals surface area contributed by atoms with E-state index in [0.29, 0.717) is 18.4 Å². The highest BCUT2D eigenvalue weighted by molar-refractivity contribution is 5.82. The molecule has 0 aromatic heterocycles. The first-order chi connectivity index (χ1) is 8.37. The first-order valence-corrected chi connectivity index (χ1v) is 6.44.